The number of rotatable bonds is 6. The lowest BCUT2D eigenvalue weighted by Crippen LogP contribution is -2.51. The number of sulfonamides is 1. The van der Waals surface area contributed by atoms with Crippen LogP contribution in [0, 0.1) is 0 Å². The second-order valence-corrected chi connectivity index (χ2v) is 9.87. The van der Waals surface area contributed by atoms with Crippen molar-refractivity contribution in [3.05, 3.63) is 60.2 Å². The highest BCUT2D eigenvalue weighted by atomic mass is 32.2. The van der Waals surface area contributed by atoms with E-state index in [2.05, 4.69) is 4.72 Å². The molecule has 156 valence electrons. The number of amides is 1. The Morgan fingerprint density at radius 2 is 1.79 bits per heavy atom. The highest BCUT2D eigenvalue weighted by Crippen LogP contribution is 2.28. The van der Waals surface area contributed by atoms with Gasteiger partial charge in [0, 0.05) is 12.6 Å². The molecule has 3 rings (SSSR count). The normalized spacial score (nSPS) is 20.1. The molecule has 29 heavy (non-hydrogen) atoms. The van der Waals surface area contributed by atoms with E-state index < -0.39 is 33.7 Å². The molecule has 0 spiro atoms. The van der Waals surface area contributed by atoms with Gasteiger partial charge >= 0.3 is 0 Å². The molecule has 7 heteroatoms. The summed E-state index contributed by atoms with van der Waals surface area (Å²) in [5.74, 6) is -0.612. The molecule has 1 aliphatic rings. The van der Waals surface area contributed by atoms with E-state index in [1.807, 2.05) is 54.6 Å². The molecule has 0 bridgehead atoms. The molecule has 5 nitrogen and oxygen atoms in total. The molecule has 2 atom stereocenters. The third-order valence-corrected chi connectivity index (χ3v) is 5.89. The fourth-order valence-corrected chi connectivity index (χ4v) is 4.69. The molecule has 1 saturated heterocycles. The van der Waals surface area contributed by atoms with Crippen LogP contribution in [-0.2, 0) is 21.2 Å². The Labute approximate surface area is 172 Å². The van der Waals surface area contributed by atoms with Crippen LogP contribution in [0.4, 0.5) is 4.39 Å². The third-order valence-electron chi connectivity index (χ3n) is 5.16. The van der Waals surface area contributed by atoms with E-state index in [0.29, 0.717) is 19.4 Å². The lowest BCUT2D eigenvalue weighted by molar-refractivity contribution is -0.142. The van der Waals surface area contributed by atoms with E-state index in [0.717, 1.165) is 22.9 Å². The molecule has 1 aliphatic heterocycles. The number of carbonyl (C=O) groups is 1. The minimum atomic E-state index is -3.45. The van der Waals surface area contributed by atoms with Crippen molar-refractivity contribution < 1.29 is 17.6 Å². The number of hydrogen-bond donors (Lipinski definition) is 1. The molecule has 0 saturated carbocycles. The molecule has 1 fully saturated rings. The van der Waals surface area contributed by atoms with E-state index in [4.69, 9.17) is 0 Å². The Morgan fingerprint density at radius 3 is 2.41 bits per heavy atom. The molecule has 0 unspecified atom stereocenters. The van der Waals surface area contributed by atoms with E-state index in [9.17, 15) is 17.6 Å². The molecule has 2 aromatic rings. The van der Waals surface area contributed by atoms with Crippen molar-refractivity contribution in [2.24, 2.45) is 0 Å². The summed E-state index contributed by atoms with van der Waals surface area (Å²) in [5.41, 5.74) is 1.07. The number of alkyl halides is 1. The molecule has 0 radical (unpaired) electrons. The number of likely N-dealkylation sites (tertiary alicyclic amines) is 1. The SMILES string of the molecule is CC(C)(F)C(=O)N1CC[C@H](NS(C)(=O)=O)[C@@H]1Cc1cccc(-c2ccccc2)c1. The summed E-state index contributed by atoms with van der Waals surface area (Å²) in [4.78, 5) is 14.1. The van der Waals surface area contributed by atoms with Gasteiger partial charge in [-0.05, 0) is 43.4 Å². The average molecular weight is 419 g/mol. The topological polar surface area (TPSA) is 66.5 Å². The minimum Gasteiger partial charge on any atom is -0.335 e. The van der Waals surface area contributed by atoms with Gasteiger partial charge in [0.15, 0.2) is 5.67 Å². The molecule has 1 N–H and O–H groups in total. The first-order valence-corrected chi connectivity index (χ1v) is 11.6. The number of halogens is 1. The minimum absolute atomic E-state index is 0.322. The van der Waals surface area contributed by atoms with Crippen LogP contribution in [0.2, 0.25) is 0 Å². The maximum Gasteiger partial charge on any atom is 0.259 e. The van der Waals surface area contributed by atoms with Crippen molar-refractivity contribution in [3.63, 3.8) is 0 Å². The largest absolute Gasteiger partial charge is 0.335 e. The number of nitrogens with one attached hydrogen (secondary N) is 1. The Morgan fingerprint density at radius 1 is 1.14 bits per heavy atom. The van der Waals surface area contributed by atoms with Crippen molar-refractivity contribution >= 4 is 15.9 Å². The summed E-state index contributed by atoms with van der Waals surface area (Å²) >= 11 is 0. The number of nitrogens with zero attached hydrogens (tertiary/aromatic N) is 1. The molecule has 1 heterocycles. The second-order valence-electron chi connectivity index (χ2n) is 8.09. The molecule has 0 aromatic heterocycles. The average Bonchev–Trinajstić information content (AvgIpc) is 3.01. The Balaban J connectivity index is 1.90. The number of benzene rings is 2. The Kier molecular flexibility index (Phi) is 6.10. The first-order valence-electron chi connectivity index (χ1n) is 9.66. The van der Waals surface area contributed by atoms with Gasteiger partial charge in [0.25, 0.3) is 5.91 Å². The highest BCUT2D eigenvalue weighted by molar-refractivity contribution is 7.88. The van der Waals surface area contributed by atoms with Crippen LogP contribution in [0.5, 0.6) is 0 Å². The maximum atomic E-state index is 14.4. The van der Waals surface area contributed by atoms with Gasteiger partial charge in [-0.2, -0.15) is 0 Å². The van der Waals surface area contributed by atoms with Crippen LogP contribution < -0.4 is 4.72 Å². The fraction of sp³-hybridized carbons (Fsp3) is 0.409. The number of hydrogen-bond acceptors (Lipinski definition) is 3. The van der Waals surface area contributed by atoms with Gasteiger partial charge in [0.05, 0.1) is 12.3 Å². The highest BCUT2D eigenvalue weighted by Gasteiger charge is 2.43. The van der Waals surface area contributed by atoms with Crippen LogP contribution in [0.3, 0.4) is 0 Å². The molecule has 1 amide bonds. The van der Waals surface area contributed by atoms with Gasteiger partial charge < -0.3 is 4.90 Å². The lowest BCUT2D eigenvalue weighted by Gasteiger charge is -2.31. The Hall–Kier alpha value is -2.25. The first-order chi connectivity index (χ1) is 13.5. The zero-order chi connectivity index (χ0) is 21.2. The smallest absolute Gasteiger partial charge is 0.259 e. The standard InChI is InChI=1S/C22H27FN2O3S/c1-22(2,23)21(26)25-13-12-19(24-29(3,27)28)20(25)15-16-8-7-11-18(14-16)17-9-5-4-6-10-17/h4-11,14,19-20,24H,12-13,15H2,1-3H3/t19-,20-/m0/s1. The Bertz CT molecular complexity index is 971. The van der Waals surface area contributed by atoms with Crippen molar-refractivity contribution in [2.45, 2.75) is 44.4 Å². The van der Waals surface area contributed by atoms with Crippen molar-refractivity contribution in [2.75, 3.05) is 12.8 Å². The van der Waals surface area contributed by atoms with Crippen LogP contribution in [0.25, 0.3) is 11.1 Å². The van der Waals surface area contributed by atoms with E-state index >= 15 is 0 Å². The molecule has 2 aromatic carbocycles. The monoisotopic (exact) mass is 418 g/mol. The van der Waals surface area contributed by atoms with Gasteiger partial charge in [0.2, 0.25) is 10.0 Å². The fourth-order valence-electron chi connectivity index (χ4n) is 3.86. The predicted molar refractivity (Wildman–Crippen MR) is 113 cm³/mol. The van der Waals surface area contributed by atoms with Crippen molar-refractivity contribution in [1.82, 2.24) is 9.62 Å². The molecule has 0 aliphatic carbocycles. The quantitative estimate of drug-likeness (QED) is 0.784. The first kappa shape index (κ1) is 21.5. The summed E-state index contributed by atoms with van der Waals surface area (Å²) < 4.78 is 40.6. The summed E-state index contributed by atoms with van der Waals surface area (Å²) in [5, 5.41) is 0. The van der Waals surface area contributed by atoms with Gasteiger partial charge in [-0.25, -0.2) is 17.5 Å². The van der Waals surface area contributed by atoms with Crippen LogP contribution >= 0.6 is 0 Å². The van der Waals surface area contributed by atoms with Crippen molar-refractivity contribution in [1.29, 1.82) is 0 Å². The lowest BCUT2D eigenvalue weighted by atomic mass is 9.96. The third kappa shape index (κ3) is 5.42. The van der Waals surface area contributed by atoms with Crippen molar-refractivity contribution in [3.8, 4) is 11.1 Å². The van der Waals surface area contributed by atoms with E-state index in [1.165, 1.54) is 18.7 Å². The van der Waals surface area contributed by atoms with Gasteiger partial charge in [0.1, 0.15) is 0 Å². The maximum absolute atomic E-state index is 14.4. The van der Waals surface area contributed by atoms with E-state index in [-0.39, 0.29) is 0 Å². The molecular formula is C22H27FN2O3S. The van der Waals surface area contributed by atoms with Gasteiger partial charge in [-0.1, -0.05) is 54.6 Å². The zero-order valence-electron chi connectivity index (χ0n) is 16.9. The van der Waals surface area contributed by atoms with E-state index in [1.54, 1.807) is 0 Å². The van der Waals surface area contributed by atoms with Gasteiger partial charge in [-0.3, -0.25) is 4.79 Å². The summed E-state index contributed by atoms with van der Waals surface area (Å²) in [6.07, 6.45) is 2.00. The van der Waals surface area contributed by atoms with Gasteiger partial charge in [-0.15, -0.1) is 0 Å². The van der Waals surface area contributed by atoms with Crippen LogP contribution in [0.1, 0.15) is 25.8 Å². The molecular weight excluding hydrogens is 391 g/mol. The summed E-state index contributed by atoms with van der Waals surface area (Å²) in [7, 11) is -3.45. The second kappa shape index (κ2) is 8.24. The van der Waals surface area contributed by atoms with Crippen LogP contribution in [0.15, 0.2) is 54.6 Å². The zero-order valence-corrected chi connectivity index (χ0v) is 17.7. The van der Waals surface area contributed by atoms with Crippen LogP contribution in [-0.4, -0.2) is 49.8 Å². The number of carbonyl (C=O) groups excluding carboxylic acids is 1. The summed E-state index contributed by atoms with van der Waals surface area (Å²) in [6.45, 7) is 2.79. The predicted octanol–water partition coefficient (Wildman–Crippen LogP) is 3.16. The summed E-state index contributed by atoms with van der Waals surface area (Å²) in [6, 6.07) is 17.0.